The maximum atomic E-state index is 12.6. The van der Waals surface area contributed by atoms with Crippen molar-refractivity contribution in [3.63, 3.8) is 0 Å². The van der Waals surface area contributed by atoms with Gasteiger partial charge < -0.3 is 0 Å². The van der Waals surface area contributed by atoms with Gasteiger partial charge in [0.15, 0.2) is 0 Å². The molecule has 0 radical (unpaired) electrons. The fourth-order valence-electron chi connectivity index (χ4n) is 2.27. The largest absolute Gasteiger partial charge is 0.335 e. The Morgan fingerprint density at radius 2 is 1.87 bits per heavy atom. The van der Waals surface area contributed by atoms with Gasteiger partial charge in [0, 0.05) is 4.88 Å². The molecule has 116 valence electrons. The number of benzene rings is 1. The lowest BCUT2D eigenvalue weighted by Gasteiger charge is -2.26. The molecule has 0 atom stereocenters. The second-order valence-electron chi connectivity index (χ2n) is 5.24. The van der Waals surface area contributed by atoms with Crippen LogP contribution in [0.3, 0.4) is 0 Å². The molecule has 0 saturated carbocycles. The van der Waals surface area contributed by atoms with Crippen LogP contribution >= 0.6 is 11.3 Å². The van der Waals surface area contributed by atoms with E-state index in [9.17, 15) is 14.4 Å². The van der Waals surface area contributed by atoms with Crippen LogP contribution in [-0.2, 0) is 9.59 Å². The Morgan fingerprint density at radius 3 is 2.52 bits per heavy atom. The number of barbiturate groups is 1. The number of imide groups is 2. The molecule has 2 heterocycles. The number of thiophene rings is 1. The van der Waals surface area contributed by atoms with Crippen molar-refractivity contribution in [2.75, 3.05) is 4.90 Å². The number of carbonyl (C=O) groups is 3. The summed E-state index contributed by atoms with van der Waals surface area (Å²) in [6.45, 7) is 3.85. The van der Waals surface area contributed by atoms with Gasteiger partial charge in [0.25, 0.3) is 11.8 Å². The van der Waals surface area contributed by atoms with Gasteiger partial charge in [-0.15, -0.1) is 11.3 Å². The molecule has 1 aliphatic heterocycles. The Morgan fingerprint density at radius 1 is 1.09 bits per heavy atom. The molecule has 1 aromatic carbocycles. The minimum atomic E-state index is -0.730. The number of hydrogen-bond donors (Lipinski definition) is 1. The maximum absolute atomic E-state index is 12.6. The monoisotopic (exact) mass is 326 g/mol. The molecule has 1 aliphatic rings. The van der Waals surface area contributed by atoms with E-state index in [0.717, 1.165) is 20.9 Å². The molecule has 0 aliphatic carbocycles. The number of rotatable bonds is 2. The van der Waals surface area contributed by atoms with Crippen LogP contribution in [0.4, 0.5) is 10.5 Å². The Labute approximate surface area is 137 Å². The van der Waals surface area contributed by atoms with E-state index < -0.39 is 17.8 Å². The molecule has 23 heavy (non-hydrogen) atoms. The van der Waals surface area contributed by atoms with E-state index in [-0.39, 0.29) is 5.57 Å². The summed E-state index contributed by atoms with van der Waals surface area (Å²) in [6, 6.07) is 8.18. The highest BCUT2D eigenvalue weighted by Gasteiger charge is 2.36. The van der Waals surface area contributed by atoms with Gasteiger partial charge >= 0.3 is 6.03 Å². The lowest BCUT2D eigenvalue weighted by Crippen LogP contribution is -2.54. The normalized spacial score (nSPS) is 16.9. The predicted octanol–water partition coefficient (Wildman–Crippen LogP) is 3.03. The van der Waals surface area contributed by atoms with Crippen molar-refractivity contribution < 1.29 is 14.4 Å². The lowest BCUT2D eigenvalue weighted by atomic mass is 10.1. The van der Waals surface area contributed by atoms with Crippen LogP contribution in [0, 0.1) is 13.8 Å². The average molecular weight is 326 g/mol. The van der Waals surface area contributed by atoms with Crippen molar-refractivity contribution in [3.05, 3.63) is 57.3 Å². The van der Waals surface area contributed by atoms with E-state index in [0.29, 0.717) is 5.69 Å². The minimum absolute atomic E-state index is 0.0507. The van der Waals surface area contributed by atoms with E-state index in [1.807, 2.05) is 31.4 Å². The number of amides is 4. The van der Waals surface area contributed by atoms with E-state index in [4.69, 9.17) is 0 Å². The van der Waals surface area contributed by atoms with Gasteiger partial charge in [-0.3, -0.25) is 14.9 Å². The molecular formula is C17H14N2O3S. The number of hydrogen-bond acceptors (Lipinski definition) is 4. The molecule has 4 amide bonds. The molecular weight excluding hydrogens is 312 g/mol. The molecule has 1 aromatic heterocycles. The first-order chi connectivity index (χ1) is 11.0. The highest BCUT2D eigenvalue weighted by atomic mass is 32.1. The fourth-order valence-corrected chi connectivity index (χ4v) is 2.93. The third-order valence-corrected chi connectivity index (χ3v) is 4.50. The summed E-state index contributed by atoms with van der Waals surface area (Å²) in [4.78, 5) is 38.5. The van der Waals surface area contributed by atoms with Gasteiger partial charge in [-0.25, -0.2) is 9.69 Å². The van der Waals surface area contributed by atoms with Crippen LogP contribution in [0.15, 0.2) is 41.3 Å². The summed E-state index contributed by atoms with van der Waals surface area (Å²) < 4.78 is 0. The quantitative estimate of drug-likeness (QED) is 0.681. The van der Waals surface area contributed by atoms with Crippen LogP contribution in [0.25, 0.3) is 6.08 Å². The van der Waals surface area contributed by atoms with Crippen LogP contribution in [-0.4, -0.2) is 17.8 Å². The first-order valence-electron chi connectivity index (χ1n) is 6.99. The van der Waals surface area contributed by atoms with Crippen molar-refractivity contribution in [2.24, 2.45) is 0 Å². The minimum Gasteiger partial charge on any atom is -0.273 e. The van der Waals surface area contributed by atoms with Crippen LogP contribution in [0.1, 0.15) is 16.0 Å². The standard InChI is InChI=1S/C17H14N2O3S/c1-10-5-6-12(8-11(10)2)19-16(21)14(15(20)18-17(19)22)9-13-4-3-7-23-13/h3-9H,1-2H3,(H,18,20,22)/b14-9+. The van der Waals surface area contributed by atoms with Crippen molar-refractivity contribution in [3.8, 4) is 0 Å². The second-order valence-corrected chi connectivity index (χ2v) is 6.22. The summed E-state index contributed by atoms with van der Waals surface area (Å²) in [5.74, 6) is -1.29. The Kier molecular flexibility index (Phi) is 3.83. The summed E-state index contributed by atoms with van der Waals surface area (Å²) in [5.41, 5.74) is 2.42. The predicted molar refractivity (Wildman–Crippen MR) is 89.2 cm³/mol. The van der Waals surface area contributed by atoms with E-state index >= 15 is 0 Å². The van der Waals surface area contributed by atoms with Crippen LogP contribution < -0.4 is 10.2 Å². The third-order valence-electron chi connectivity index (χ3n) is 3.68. The van der Waals surface area contributed by atoms with Gasteiger partial charge in [-0.2, -0.15) is 0 Å². The highest BCUT2D eigenvalue weighted by Crippen LogP contribution is 2.24. The van der Waals surface area contributed by atoms with Crippen LogP contribution in [0.2, 0.25) is 0 Å². The Balaban J connectivity index is 2.03. The van der Waals surface area contributed by atoms with E-state index in [1.165, 1.54) is 17.4 Å². The zero-order chi connectivity index (χ0) is 16.6. The number of nitrogens with zero attached hydrogens (tertiary/aromatic N) is 1. The summed E-state index contributed by atoms with van der Waals surface area (Å²) >= 11 is 1.41. The molecule has 1 fully saturated rings. The second kappa shape index (κ2) is 5.81. The zero-order valence-corrected chi connectivity index (χ0v) is 13.4. The summed E-state index contributed by atoms with van der Waals surface area (Å²) in [6.07, 6.45) is 1.50. The third kappa shape index (κ3) is 2.80. The van der Waals surface area contributed by atoms with E-state index in [2.05, 4.69) is 5.32 Å². The molecule has 6 heteroatoms. The van der Waals surface area contributed by atoms with Crippen molar-refractivity contribution >= 4 is 40.9 Å². The number of urea groups is 1. The topological polar surface area (TPSA) is 66.5 Å². The van der Waals surface area contributed by atoms with Crippen molar-refractivity contribution in [1.82, 2.24) is 5.32 Å². The van der Waals surface area contributed by atoms with Crippen molar-refractivity contribution in [1.29, 1.82) is 0 Å². The molecule has 1 N–H and O–H groups in total. The number of carbonyl (C=O) groups excluding carboxylic acids is 3. The fraction of sp³-hybridized carbons (Fsp3) is 0.118. The van der Waals surface area contributed by atoms with Crippen molar-refractivity contribution in [2.45, 2.75) is 13.8 Å². The smallest absolute Gasteiger partial charge is 0.273 e. The molecule has 3 rings (SSSR count). The SMILES string of the molecule is Cc1ccc(N2C(=O)NC(=O)/C(=C\c3cccs3)C2=O)cc1C. The molecule has 0 unspecified atom stereocenters. The number of nitrogens with one attached hydrogen (secondary N) is 1. The highest BCUT2D eigenvalue weighted by molar-refractivity contribution is 7.10. The maximum Gasteiger partial charge on any atom is 0.335 e. The van der Waals surface area contributed by atoms with Gasteiger partial charge in [-0.05, 0) is 54.6 Å². The molecule has 0 bridgehead atoms. The number of aryl methyl sites for hydroxylation is 2. The molecule has 0 spiro atoms. The first-order valence-corrected chi connectivity index (χ1v) is 7.87. The van der Waals surface area contributed by atoms with Crippen LogP contribution in [0.5, 0.6) is 0 Å². The molecule has 2 aromatic rings. The Hall–Kier alpha value is -2.73. The van der Waals surface area contributed by atoms with Gasteiger partial charge in [0.05, 0.1) is 5.69 Å². The average Bonchev–Trinajstić information content (AvgIpc) is 3.00. The van der Waals surface area contributed by atoms with Gasteiger partial charge in [0.2, 0.25) is 0 Å². The summed E-state index contributed by atoms with van der Waals surface area (Å²) in [5, 5.41) is 4.07. The lowest BCUT2D eigenvalue weighted by molar-refractivity contribution is -0.122. The molecule has 1 saturated heterocycles. The first kappa shape index (κ1) is 15.2. The van der Waals surface area contributed by atoms with Gasteiger partial charge in [0.1, 0.15) is 5.57 Å². The van der Waals surface area contributed by atoms with E-state index in [1.54, 1.807) is 18.2 Å². The Bertz CT molecular complexity index is 838. The summed E-state index contributed by atoms with van der Waals surface area (Å²) in [7, 11) is 0. The van der Waals surface area contributed by atoms with Gasteiger partial charge in [-0.1, -0.05) is 12.1 Å². The molecule has 5 nitrogen and oxygen atoms in total. The number of anilines is 1. The zero-order valence-electron chi connectivity index (χ0n) is 12.6.